The first-order chi connectivity index (χ1) is 14.0. The molecule has 2 aromatic heterocycles. The average molecular weight is 435 g/mol. The van der Waals surface area contributed by atoms with Gasteiger partial charge in [-0.15, -0.1) is 11.3 Å². The van der Waals surface area contributed by atoms with Crippen LogP contribution in [-0.2, 0) is 31.1 Å². The van der Waals surface area contributed by atoms with Crippen molar-refractivity contribution in [3.63, 3.8) is 0 Å². The molecular formula is C21H23ClN2O4S. The Kier molecular flexibility index (Phi) is 7.30. The molecule has 6 nitrogen and oxygen atoms in total. The van der Waals surface area contributed by atoms with Gasteiger partial charge in [0.1, 0.15) is 23.1 Å². The van der Waals surface area contributed by atoms with E-state index < -0.39 is 0 Å². The number of benzene rings is 1. The zero-order chi connectivity index (χ0) is 20.8. The van der Waals surface area contributed by atoms with Gasteiger partial charge in [0, 0.05) is 28.4 Å². The van der Waals surface area contributed by atoms with Crippen LogP contribution in [0.3, 0.4) is 0 Å². The monoisotopic (exact) mass is 434 g/mol. The molecule has 1 amide bonds. The average Bonchev–Trinajstić information content (AvgIpc) is 3.38. The summed E-state index contributed by atoms with van der Waals surface area (Å²) in [6.07, 6.45) is 1.59. The second kappa shape index (κ2) is 9.91. The number of aromatic nitrogens is 1. The smallest absolute Gasteiger partial charge is 0.225 e. The Morgan fingerprint density at radius 1 is 1.34 bits per heavy atom. The van der Waals surface area contributed by atoms with E-state index in [9.17, 15) is 4.79 Å². The summed E-state index contributed by atoms with van der Waals surface area (Å²) in [5, 5.41) is 12.3. The van der Waals surface area contributed by atoms with E-state index in [-0.39, 0.29) is 25.0 Å². The number of amides is 1. The van der Waals surface area contributed by atoms with Gasteiger partial charge < -0.3 is 19.2 Å². The first-order valence-electron chi connectivity index (χ1n) is 9.22. The van der Waals surface area contributed by atoms with Crippen molar-refractivity contribution in [2.75, 3.05) is 0 Å². The normalized spacial score (nSPS) is 11.1. The number of thiazole rings is 1. The van der Waals surface area contributed by atoms with Crippen LogP contribution < -0.4 is 4.74 Å². The molecule has 0 spiro atoms. The highest BCUT2D eigenvalue weighted by Gasteiger charge is 2.21. The fraction of sp³-hybridized carbons (Fsp3) is 0.333. The standard InChI is InChI=1S/C21H23ClN2O4S/c1-14(2)21(26)24(10-18-4-3-7-27-18)9-15-8-16(22)5-6-19(15)28-12-20-23-17(11-25)13-29-20/h3-8,13-14,25H,9-12H2,1-2H3. The SMILES string of the molecule is CC(C)C(=O)N(Cc1ccco1)Cc1cc(Cl)ccc1OCc1nc(CO)cs1. The number of halogens is 1. The van der Waals surface area contributed by atoms with E-state index in [0.29, 0.717) is 35.3 Å². The zero-order valence-corrected chi connectivity index (χ0v) is 17.9. The summed E-state index contributed by atoms with van der Waals surface area (Å²) in [4.78, 5) is 18.8. The third-order valence-electron chi connectivity index (χ3n) is 4.23. The Balaban J connectivity index is 1.79. The Bertz CT molecular complexity index is 940. The van der Waals surface area contributed by atoms with Crippen molar-refractivity contribution in [2.24, 2.45) is 5.92 Å². The van der Waals surface area contributed by atoms with Crippen molar-refractivity contribution in [1.82, 2.24) is 9.88 Å². The van der Waals surface area contributed by atoms with Gasteiger partial charge in [0.25, 0.3) is 0 Å². The lowest BCUT2D eigenvalue weighted by Gasteiger charge is -2.25. The number of aliphatic hydroxyl groups excluding tert-OH is 1. The predicted octanol–water partition coefficient (Wildman–Crippen LogP) is 4.65. The minimum atomic E-state index is -0.152. The summed E-state index contributed by atoms with van der Waals surface area (Å²) in [5.74, 6) is 1.21. The van der Waals surface area contributed by atoms with Crippen molar-refractivity contribution >= 4 is 28.8 Å². The maximum absolute atomic E-state index is 12.8. The van der Waals surface area contributed by atoms with Crippen molar-refractivity contribution in [3.05, 3.63) is 69.0 Å². The molecule has 3 rings (SSSR count). The number of carbonyl (C=O) groups excluding carboxylic acids is 1. The Labute approximate surface area is 178 Å². The van der Waals surface area contributed by atoms with E-state index in [2.05, 4.69) is 4.98 Å². The first-order valence-corrected chi connectivity index (χ1v) is 10.5. The van der Waals surface area contributed by atoms with Crippen LogP contribution in [-0.4, -0.2) is 20.9 Å². The molecular weight excluding hydrogens is 412 g/mol. The number of hydrogen-bond donors (Lipinski definition) is 1. The van der Waals surface area contributed by atoms with Crippen LogP contribution in [0.2, 0.25) is 5.02 Å². The van der Waals surface area contributed by atoms with E-state index in [4.69, 9.17) is 25.9 Å². The van der Waals surface area contributed by atoms with Crippen molar-refractivity contribution in [2.45, 2.75) is 40.2 Å². The second-order valence-electron chi connectivity index (χ2n) is 6.86. The summed E-state index contributed by atoms with van der Waals surface area (Å²) >= 11 is 7.64. The lowest BCUT2D eigenvalue weighted by atomic mass is 10.1. The van der Waals surface area contributed by atoms with Crippen molar-refractivity contribution in [3.8, 4) is 5.75 Å². The number of furan rings is 1. The quantitative estimate of drug-likeness (QED) is 0.530. The summed E-state index contributed by atoms with van der Waals surface area (Å²) in [5.41, 5.74) is 1.43. The van der Waals surface area contributed by atoms with Gasteiger partial charge in [0.15, 0.2) is 0 Å². The minimum Gasteiger partial charge on any atom is -0.486 e. The van der Waals surface area contributed by atoms with Crippen LogP contribution in [0.5, 0.6) is 5.75 Å². The largest absolute Gasteiger partial charge is 0.486 e. The summed E-state index contributed by atoms with van der Waals surface area (Å²) in [7, 11) is 0. The van der Waals surface area contributed by atoms with Crippen LogP contribution >= 0.6 is 22.9 Å². The number of hydrogen-bond acceptors (Lipinski definition) is 6. The van der Waals surface area contributed by atoms with Crippen LogP contribution in [0.1, 0.15) is 35.9 Å². The Morgan fingerprint density at radius 3 is 2.83 bits per heavy atom. The molecule has 0 bridgehead atoms. The van der Waals surface area contributed by atoms with Gasteiger partial charge in [-0.3, -0.25) is 4.79 Å². The maximum atomic E-state index is 12.8. The molecule has 0 aliphatic rings. The van der Waals surface area contributed by atoms with E-state index in [1.807, 2.05) is 19.9 Å². The van der Waals surface area contributed by atoms with Crippen LogP contribution in [0.15, 0.2) is 46.4 Å². The zero-order valence-electron chi connectivity index (χ0n) is 16.3. The van der Waals surface area contributed by atoms with Gasteiger partial charge in [-0.1, -0.05) is 25.4 Å². The maximum Gasteiger partial charge on any atom is 0.225 e. The third kappa shape index (κ3) is 5.82. The number of carbonyl (C=O) groups is 1. The fourth-order valence-electron chi connectivity index (χ4n) is 2.81. The van der Waals surface area contributed by atoms with Crippen LogP contribution in [0.25, 0.3) is 0 Å². The lowest BCUT2D eigenvalue weighted by molar-refractivity contribution is -0.136. The van der Waals surface area contributed by atoms with Gasteiger partial charge >= 0.3 is 0 Å². The molecule has 1 aromatic carbocycles. The fourth-order valence-corrected chi connectivity index (χ4v) is 3.70. The van der Waals surface area contributed by atoms with E-state index in [1.54, 1.807) is 40.8 Å². The molecule has 8 heteroatoms. The highest BCUT2D eigenvalue weighted by Crippen LogP contribution is 2.27. The van der Waals surface area contributed by atoms with E-state index >= 15 is 0 Å². The molecule has 0 aliphatic heterocycles. The lowest BCUT2D eigenvalue weighted by Crippen LogP contribution is -2.33. The van der Waals surface area contributed by atoms with Crippen LogP contribution in [0.4, 0.5) is 0 Å². The van der Waals surface area contributed by atoms with Crippen molar-refractivity contribution in [1.29, 1.82) is 0 Å². The van der Waals surface area contributed by atoms with Crippen LogP contribution in [0, 0.1) is 5.92 Å². The van der Waals surface area contributed by atoms with Gasteiger partial charge in [0.05, 0.1) is 25.1 Å². The second-order valence-corrected chi connectivity index (χ2v) is 8.24. The summed E-state index contributed by atoms with van der Waals surface area (Å²) in [6, 6.07) is 9.00. The molecule has 2 heterocycles. The number of nitrogens with zero attached hydrogens (tertiary/aromatic N) is 2. The summed E-state index contributed by atoms with van der Waals surface area (Å²) in [6.45, 7) is 4.62. The third-order valence-corrected chi connectivity index (χ3v) is 5.33. The molecule has 0 saturated carbocycles. The number of aliphatic hydroxyl groups is 1. The Hall–Kier alpha value is -2.35. The van der Waals surface area contributed by atoms with E-state index in [1.165, 1.54) is 11.3 Å². The van der Waals surface area contributed by atoms with Gasteiger partial charge in [-0.25, -0.2) is 4.98 Å². The molecule has 154 valence electrons. The molecule has 0 atom stereocenters. The number of ether oxygens (including phenoxy) is 1. The highest BCUT2D eigenvalue weighted by atomic mass is 35.5. The topological polar surface area (TPSA) is 75.8 Å². The minimum absolute atomic E-state index is 0.0137. The highest BCUT2D eigenvalue weighted by molar-refractivity contribution is 7.09. The predicted molar refractivity (Wildman–Crippen MR) is 112 cm³/mol. The molecule has 3 aromatic rings. The molecule has 29 heavy (non-hydrogen) atoms. The van der Waals surface area contributed by atoms with Gasteiger partial charge in [-0.05, 0) is 30.3 Å². The first kappa shape index (κ1) is 21.4. The Morgan fingerprint density at radius 2 is 2.17 bits per heavy atom. The number of rotatable bonds is 9. The molecule has 0 unspecified atom stereocenters. The van der Waals surface area contributed by atoms with E-state index in [0.717, 1.165) is 10.6 Å². The van der Waals surface area contributed by atoms with Gasteiger partial charge in [0.2, 0.25) is 5.91 Å². The van der Waals surface area contributed by atoms with Gasteiger partial charge in [-0.2, -0.15) is 0 Å². The molecule has 1 N–H and O–H groups in total. The molecule has 0 radical (unpaired) electrons. The molecule has 0 saturated heterocycles. The molecule has 0 aliphatic carbocycles. The van der Waals surface area contributed by atoms with Crippen molar-refractivity contribution < 1.29 is 19.1 Å². The molecule has 0 fully saturated rings. The summed E-state index contributed by atoms with van der Waals surface area (Å²) < 4.78 is 11.4.